The highest BCUT2D eigenvalue weighted by atomic mass is 16.5. The zero-order chi connectivity index (χ0) is 17.6. The van der Waals surface area contributed by atoms with Gasteiger partial charge in [-0.3, -0.25) is 4.90 Å². The second-order valence-electron chi connectivity index (χ2n) is 6.21. The lowest BCUT2D eigenvalue weighted by Gasteiger charge is -2.30. The molecule has 0 spiro atoms. The molecular weight excluding hydrogens is 318 g/mol. The second-order valence-corrected chi connectivity index (χ2v) is 6.21. The molecule has 1 atom stereocenters. The number of nitrogens with zero attached hydrogens (tertiary/aromatic N) is 1. The Labute approximate surface area is 148 Å². The number of benzene rings is 2. The smallest absolute Gasteiger partial charge is 0.203 e. The highest BCUT2D eigenvalue weighted by Crippen LogP contribution is 2.36. The van der Waals surface area contributed by atoms with Gasteiger partial charge < -0.3 is 19.3 Å². The summed E-state index contributed by atoms with van der Waals surface area (Å²) in [7, 11) is 3.17. The third-order valence-corrected chi connectivity index (χ3v) is 4.48. The largest absolute Gasteiger partial charge is 0.493 e. The van der Waals surface area contributed by atoms with Crippen LogP contribution in [0.2, 0.25) is 0 Å². The van der Waals surface area contributed by atoms with Crippen LogP contribution in [0, 0.1) is 0 Å². The molecule has 0 fully saturated rings. The average Bonchev–Trinajstić information content (AvgIpc) is 2.65. The molecule has 1 aliphatic rings. The third kappa shape index (κ3) is 4.24. The molecule has 1 aliphatic heterocycles. The van der Waals surface area contributed by atoms with E-state index in [1.807, 2.05) is 18.2 Å². The molecule has 0 amide bonds. The van der Waals surface area contributed by atoms with Gasteiger partial charge in [0.2, 0.25) is 5.75 Å². The minimum Gasteiger partial charge on any atom is -0.493 e. The van der Waals surface area contributed by atoms with E-state index in [1.54, 1.807) is 14.2 Å². The fraction of sp³-hybridized carbons (Fsp3) is 0.400. The van der Waals surface area contributed by atoms with Gasteiger partial charge in [-0.1, -0.05) is 30.3 Å². The highest BCUT2D eigenvalue weighted by molar-refractivity contribution is 5.51. The quantitative estimate of drug-likeness (QED) is 0.837. The number of hydrogen-bond acceptors (Lipinski definition) is 5. The van der Waals surface area contributed by atoms with E-state index in [1.165, 1.54) is 11.1 Å². The average molecular weight is 343 g/mol. The molecule has 0 aliphatic carbocycles. The van der Waals surface area contributed by atoms with Gasteiger partial charge in [0.1, 0.15) is 12.7 Å². The van der Waals surface area contributed by atoms with E-state index >= 15 is 0 Å². The zero-order valence-electron chi connectivity index (χ0n) is 14.8. The van der Waals surface area contributed by atoms with Crippen LogP contribution < -0.4 is 14.2 Å². The highest BCUT2D eigenvalue weighted by Gasteiger charge is 2.20. The molecule has 0 bridgehead atoms. The maximum atomic E-state index is 10.4. The van der Waals surface area contributed by atoms with Crippen molar-refractivity contribution >= 4 is 0 Å². The molecule has 0 unspecified atom stereocenters. The van der Waals surface area contributed by atoms with E-state index in [9.17, 15) is 5.11 Å². The summed E-state index contributed by atoms with van der Waals surface area (Å²) in [6.45, 7) is 2.58. The van der Waals surface area contributed by atoms with Crippen molar-refractivity contribution in [3.63, 3.8) is 0 Å². The van der Waals surface area contributed by atoms with Crippen LogP contribution in [0.25, 0.3) is 0 Å². The van der Waals surface area contributed by atoms with Crippen molar-refractivity contribution in [1.82, 2.24) is 4.90 Å². The number of ether oxygens (including phenoxy) is 3. The summed E-state index contributed by atoms with van der Waals surface area (Å²) in [6.07, 6.45) is 0.434. The molecule has 3 rings (SSSR count). The maximum Gasteiger partial charge on any atom is 0.203 e. The number of fused-ring (bicyclic) bond motifs is 1. The Morgan fingerprint density at radius 3 is 2.36 bits per heavy atom. The predicted molar refractivity (Wildman–Crippen MR) is 96.5 cm³/mol. The molecule has 0 saturated carbocycles. The first-order valence-electron chi connectivity index (χ1n) is 8.52. The van der Waals surface area contributed by atoms with Gasteiger partial charge in [-0.25, -0.2) is 0 Å². The number of aliphatic hydroxyl groups excluding tert-OH is 1. The molecule has 1 heterocycles. The molecule has 25 heavy (non-hydrogen) atoms. The summed E-state index contributed by atoms with van der Waals surface area (Å²) in [5.74, 6) is 1.72. The summed E-state index contributed by atoms with van der Waals surface area (Å²) < 4.78 is 16.4. The van der Waals surface area contributed by atoms with Crippen LogP contribution in [0.4, 0.5) is 0 Å². The van der Waals surface area contributed by atoms with Gasteiger partial charge in [0.25, 0.3) is 0 Å². The number of para-hydroxylation sites is 1. The van der Waals surface area contributed by atoms with Gasteiger partial charge >= 0.3 is 0 Å². The summed E-state index contributed by atoms with van der Waals surface area (Å²) in [6, 6.07) is 13.9. The first kappa shape index (κ1) is 17.6. The normalized spacial score (nSPS) is 15.3. The molecule has 0 aromatic heterocycles. The Morgan fingerprint density at radius 2 is 1.68 bits per heavy atom. The van der Waals surface area contributed by atoms with Gasteiger partial charge in [0, 0.05) is 19.6 Å². The number of aliphatic hydroxyl groups is 1. The van der Waals surface area contributed by atoms with Crippen molar-refractivity contribution < 1.29 is 19.3 Å². The van der Waals surface area contributed by atoms with Crippen LogP contribution in [0.15, 0.2) is 42.5 Å². The van der Waals surface area contributed by atoms with Crippen molar-refractivity contribution in [2.24, 2.45) is 0 Å². The van der Waals surface area contributed by atoms with E-state index < -0.39 is 6.10 Å². The molecule has 0 saturated heterocycles. The minimum atomic E-state index is -0.583. The Balaban J connectivity index is 1.57. The maximum absolute atomic E-state index is 10.4. The van der Waals surface area contributed by atoms with Crippen LogP contribution >= 0.6 is 0 Å². The predicted octanol–water partition coefficient (Wildman–Crippen LogP) is 2.50. The monoisotopic (exact) mass is 343 g/mol. The molecule has 1 N–H and O–H groups in total. The van der Waals surface area contributed by atoms with Crippen LogP contribution in [-0.2, 0) is 13.0 Å². The Bertz CT molecular complexity index is 682. The minimum absolute atomic E-state index is 0.189. The zero-order valence-corrected chi connectivity index (χ0v) is 14.8. The summed E-state index contributed by atoms with van der Waals surface area (Å²) in [4.78, 5) is 2.26. The number of rotatable bonds is 7. The third-order valence-electron chi connectivity index (χ3n) is 4.48. The summed E-state index contributed by atoms with van der Waals surface area (Å²) >= 11 is 0. The number of hydrogen-bond donors (Lipinski definition) is 1. The van der Waals surface area contributed by atoms with Crippen molar-refractivity contribution in [3.05, 3.63) is 53.6 Å². The van der Waals surface area contributed by atoms with Crippen LogP contribution in [0.3, 0.4) is 0 Å². The second kappa shape index (κ2) is 8.23. The Morgan fingerprint density at radius 1 is 1.00 bits per heavy atom. The summed E-state index contributed by atoms with van der Waals surface area (Å²) in [5, 5.41) is 10.4. The lowest BCUT2D eigenvalue weighted by molar-refractivity contribution is 0.0618. The van der Waals surface area contributed by atoms with E-state index in [-0.39, 0.29) is 6.61 Å². The van der Waals surface area contributed by atoms with Gasteiger partial charge in [0.05, 0.1) is 14.2 Å². The van der Waals surface area contributed by atoms with Crippen molar-refractivity contribution in [2.75, 3.05) is 33.9 Å². The van der Waals surface area contributed by atoms with Crippen molar-refractivity contribution in [2.45, 2.75) is 19.1 Å². The number of methoxy groups -OCH3 is 2. The van der Waals surface area contributed by atoms with Crippen LogP contribution in [0.5, 0.6) is 17.2 Å². The Kier molecular flexibility index (Phi) is 5.79. The van der Waals surface area contributed by atoms with E-state index in [4.69, 9.17) is 14.2 Å². The lowest BCUT2D eigenvalue weighted by Crippen LogP contribution is -2.38. The molecule has 134 valence electrons. The molecular formula is C20H25NO4. The molecule has 2 aromatic carbocycles. The first-order valence-corrected chi connectivity index (χ1v) is 8.52. The lowest BCUT2D eigenvalue weighted by atomic mass is 10.00. The molecule has 5 heteroatoms. The fourth-order valence-electron chi connectivity index (χ4n) is 3.20. The van der Waals surface area contributed by atoms with Crippen LogP contribution in [-0.4, -0.2) is 50.0 Å². The Hall–Kier alpha value is -2.24. The standard InChI is InChI=1S/C20H25NO4/c1-23-18-8-5-9-19(24-2)20(18)25-14-17(22)13-21-11-10-15-6-3-4-7-16(15)12-21/h3-9,17,22H,10-14H2,1-2H3/t17-/m0/s1. The summed E-state index contributed by atoms with van der Waals surface area (Å²) in [5.41, 5.74) is 2.75. The van der Waals surface area contributed by atoms with Crippen LogP contribution in [0.1, 0.15) is 11.1 Å². The van der Waals surface area contributed by atoms with E-state index in [2.05, 4.69) is 29.2 Å². The molecule has 0 radical (unpaired) electrons. The van der Waals surface area contributed by atoms with E-state index in [0.29, 0.717) is 23.8 Å². The topological polar surface area (TPSA) is 51.2 Å². The van der Waals surface area contributed by atoms with Gasteiger partial charge in [0.15, 0.2) is 11.5 Å². The molecule has 2 aromatic rings. The number of β-amino-alcohol motifs (C(OH)–C–C–N with tert-alkyl or cyclic N) is 1. The van der Waals surface area contributed by atoms with Gasteiger partial charge in [-0.2, -0.15) is 0 Å². The van der Waals surface area contributed by atoms with Crippen molar-refractivity contribution in [1.29, 1.82) is 0 Å². The van der Waals surface area contributed by atoms with Gasteiger partial charge in [-0.05, 0) is 29.7 Å². The van der Waals surface area contributed by atoms with Crippen molar-refractivity contribution in [3.8, 4) is 17.2 Å². The first-order chi connectivity index (χ1) is 12.2. The molecule has 5 nitrogen and oxygen atoms in total. The SMILES string of the molecule is COc1cccc(OC)c1OC[C@@H](O)CN1CCc2ccccc2C1. The van der Waals surface area contributed by atoms with Gasteiger partial charge in [-0.15, -0.1) is 0 Å². The van der Waals surface area contributed by atoms with E-state index in [0.717, 1.165) is 19.5 Å². The fourth-order valence-corrected chi connectivity index (χ4v) is 3.20.